The van der Waals surface area contributed by atoms with Crippen molar-refractivity contribution in [1.82, 2.24) is 0 Å². The molecule has 0 bridgehead atoms. The van der Waals surface area contributed by atoms with Gasteiger partial charge in [0.25, 0.3) is 0 Å². The molecule has 1 fully saturated rings. The van der Waals surface area contributed by atoms with E-state index in [1.54, 1.807) is 11.0 Å². The number of fused-ring (bicyclic) bond motifs is 3. The van der Waals surface area contributed by atoms with Crippen LogP contribution in [0.3, 0.4) is 0 Å². The topological polar surface area (TPSA) is 60.5 Å². The van der Waals surface area contributed by atoms with Crippen LogP contribution in [0, 0.1) is 0 Å². The minimum atomic E-state index is -0.278. The Hall–Kier alpha value is -2.21. The van der Waals surface area contributed by atoms with Crippen LogP contribution in [0.1, 0.15) is 19.4 Å². The average molecular weight is 368 g/mol. The largest absolute Gasteiger partial charge is 0.423 e. The maximum Gasteiger partial charge on any atom is 0.336 e. The molecule has 3 aromatic rings. The third-order valence-electron chi connectivity index (χ3n) is 5.79. The second kappa shape index (κ2) is 7.43. The Morgan fingerprint density at radius 3 is 2.70 bits per heavy atom. The van der Waals surface area contributed by atoms with E-state index in [9.17, 15) is 4.79 Å². The number of morpholine rings is 1. The van der Waals surface area contributed by atoms with Crippen molar-refractivity contribution in [3.63, 3.8) is 0 Å². The highest BCUT2D eigenvalue weighted by atomic mass is 16.5. The zero-order valence-electron chi connectivity index (χ0n) is 16.1. The Kier molecular flexibility index (Phi) is 5.00. The maximum atomic E-state index is 12.0. The molecular formula is C22H28N2O3+2. The Labute approximate surface area is 158 Å². The number of benzene rings is 2. The summed E-state index contributed by atoms with van der Waals surface area (Å²) in [5, 5.41) is 5.68. The molecule has 0 spiro atoms. The van der Waals surface area contributed by atoms with Crippen LogP contribution >= 0.6 is 0 Å². The number of nitrogens with one attached hydrogen (secondary N) is 1. The van der Waals surface area contributed by atoms with Gasteiger partial charge in [-0.25, -0.2) is 4.79 Å². The molecule has 1 aliphatic rings. The lowest BCUT2D eigenvalue weighted by Crippen LogP contribution is -3.23. The average Bonchev–Trinajstić information content (AvgIpc) is 2.68. The van der Waals surface area contributed by atoms with Gasteiger partial charge in [0.1, 0.15) is 37.3 Å². The van der Waals surface area contributed by atoms with E-state index in [0.29, 0.717) is 5.58 Å². The van der Waals surface area contributed by atoms with Crippen molar-refractivity contribution < 1.29 is 19.4 Å². The normalized spacial score (nSPS) is 16.2. The molecule has 27 heavy (non-hydrogen) atoms. The van der Waals surface area contributed by atoms with Crippen LogP contribution in [0.4, 0.5) is 0 Å². The van der Waals surface area contributed by atoms with Crippen molar-refractivity contribution in [1.29, 1.82) is 0 Å². The summed E-state index contributed by atoms with van der Waals surface area (Å²) in [4.78, 5) is 13.6. The molecule has 0 saturated carbocycles. The predicted octanol–water partition coefficient (Wildman–Crippen LogP) is 0.703. The van der Waals surface area contributed by atoms with Crippen LogP contribution in [-0.2, 0) is 11.3 Å². The quantitative estimate of drug-likeness (QED) is 0.515. The molecule has 2 aromatic carbocycles. The van der Waals surface area contributed by atoms with Crippen LogP contribution in [0.2, 0.25) is 0 Å². The van der Waals surface area contributed by atoms with Crippen LogP contribution < -0.4 is 15.8 Å². The highest BCUT2D eigenvalue weighted by molar-refractivity contribution is 6.06. The molecular weight excluding hydrogens is 340 g/mol. The molecule has 4 rings (SSSR count). The van der Waals surface area contributed by atoms with Gasteiger partial charge in [-0.1, -0.05) is 30.3 Å². The van der Waals surface area contributed by atoms with Gasteiger partial charge < -0.3 is 19.4 Å². The Balaban J connectivity index is 1.60. The van der Waals surface area contributed by atoms with Crippen LogP contribution in [0.5, 0.6) is 0 Å². The van der Waals surface area contributed by atoms with Gasteiger partial charge in [0, 0.05) is 17.0 Å². The van der Waals surface area contributed by atoms with Crippen LogP contribution in [0.25, 0.3) is 21.7 Å². The van der Waals surface area contributed by atoms with Crippen molar-refractivity contribution in [2.75, 3.05) is 32.8 Å². The first kappa shape index (κ1) is 18.2. The molecule has 3 N–H and O–H groups in total. The molecule has 5 heteroatoms. The number of quaternary nitrogens is 2. The third kappa shape index (κ3) is 3.76. The minimum Gasteiger partial charge on any atom is -0.423 e. The summed E-state index contributed by atoms with van der Waals surface area (Å²) in [6.45, 7) is 10.2. The number of hydrogen-bond acceptors (Lipinski definition) is 3. The van der Waals surface area contributed by atoms with E-state index in [0.717, 1.165) is 61.1 Å². The minimum absolute atomic E-state index is 0.168. The van der Waals surface area contributed by atoms with Crippen molar-refractivity contribution >= 4 is 21.7 Å². The second-order valence-electron chi connectivity index (χ2n) is 8.05. The van der Waals surface area contributed by atoms with Gasteiger partial charge in [-0.3, -0.25) is 0 Å². The molecule has 0 radical (unpaired) electrons. The molecule has 1 saturated heterocycles. The van der Waals surface area contributed by atoms with Crippen molar-refractivity contribution in [2.24, 2.45) is 0 Å². The maximum absolute atomic E-state index is 12.0. The molecule has 1 aliphatic heterocycles. The molecule has 0 amide bonds. The Bertz CT molecular complexity index is 1000. The summed E-state index contributed by atoms with van der Waals surface area (Å²) >= 11 is 0. The van der Waals surface area contributed by atoms with E-state index >= 15 is 0 Å². The lowest BCUT2D eigenvalue weighted by Gasteiger charge is -2.36. The molecule has 0 aliphatic carbocycles. The van der Waals surface area contributed by atoms with E-state index in [4.69, 9.17) is 9.15 Å². The molecule has 142 valence electrons. The van der Waals surface area contributed by atoms with E-state index in [-0.39, 0.29) is 11.2 Å². The summed E-state index contributed by atoms with van der Waals surface area (Å²) in [5.74, 6) is 0. The van der Waals surface area contributed by atoms with Gasteiger partial charge in [-0.05, 0) is 30.7 Å². The SMILES string of the molecule is CC(C)(C[NH2+]Cc1cc(=O)oc2ccc3ccccc3c12)[NH+]1CCOCC1. The van der Waals surface area contributed by atoms with E-state index < -0.39 is 0 Å². The van der Waals surface area contributed by atoms with Gasteiger partial charge in [-0.15, -0.1) is 0 Å². The smallest absolute Gasteiger partial charge is 0.336 e. The van der Waals surface area contributed by atoms with Crippen molar-refractivity contribution in [3.05, 3.63) is 58.4 Å². The van der Waals surface area contributed by atoms with Gasteiger partial charge >= 0.3 is 5.63 Å². The first-order chi connectivity index (χ1) is 13.0. The fraction of sp³-hybridized carbons (Fsp3) is 0.409. The first-order valence-electron chi connectivity index (χ1n) is 9.74. The summed E-state index contributed by atoms with van der Waals surface area (Å²) in [6, 6.07) is 13.8. The molecule has 2 heterocycles. The zero-order chi connectivity index (χ0) is 18.9. The molecule has 0 unspecified atom stereocenters. The summed E-state index contributed by atoms with van der Waals surface area (Å²) in [7, 11) is 0. The van der Waals surface area contributed by atoms with E-state index in [1.165, 1.54) is 0 Å². The molecule has 5 nitrogen and oxygen atoms in total. The van der Waals surface area contributed by atoms with Crippen molar-refractivity contribution in [2.45, 2.75) is 25.9 Å². The lowest BCUT2D eigenvalue weighted by molar-refractivity contribution is -0.969. The van der Waals surface area contributed by atoms with Crippen molar-refractivity contribution in [3.8, 4) is 0 Å². The third-order valence-corrected chi connectivity index (χ3v) is 5.79. The van der Waals surface area contributed by atoms with E-state index in [2.05, 4.69) is 31.3 Å². The fourth-order valence-electron chi connectivity index (χ4n) is 4.21. The fourth-order valence-corrected chi connectivity index (χ4v) is 4.21. The number of hydrogen-bond donors (Lipinski definition) is 2. The van der Waals surface area contributed by atoms with Crippen LogP contribution in [0.15, 0.2) is 51.7 Å². The first-order valence-corrected chi connectivity index (χ1v) is 9.74. The second-order valence-corrected chi connectivity index (χ2v) is 8.05. The summed E-state index contributed by atoms with van der Waals surface area (Å²) < 4.78 is 11.0. The summed E-state index contributed by atoms with van der Waals surface area (Å²) in [5.41, 5.74) is 1.61. The zero-order valence-corrected chi connectivity index (χ0v) is 16.1. The van der Waals surface area contributed by atoms with Crippen LogP contribution in [-0.4, -0.2) is 38.4 Å². The van der Waals surface area contributed by atoms with Gasteiger partial charge in [-0.2, -0.15) is 0 Å². The standard InChI is InChI=1S/C22H26N2O3/c1-22(2,24-9-11-26-12-10-24)15-23-14-17-13-20(25)27-19-8-7-16-5-3-4-6-18(16)21(17)19/h3-8,13,23H,9-12,14-15H2,1-2H3/p+2. The van der Waals surface area contributed by atoms with Gasteiger partial charge in [0.15, 0.2) is 0 Å². The highest BCUT2D eigenvalue weighted by Gasteiger charge is 2.33. The lowest BCUT2D eigenvalue weighted by atomic mass is 10.00. The predicted molar refractivity (Wildman–Crippen MR) is 106 cm³/mol. The number of ether oxygens (including phenoxy) is 1. The molecule has 0 atom stereocenters. The number of rotatable bonds is 5. The highest BCUT2D eigenvalue weighted by Crippen LogP contribution is 2.26. The van der Waals surface area contributed by atoms with Gasteiger partial charge in [0.05, 0.1) is 13.2 Å². The monoisotopic (exact) mass is 368 g/mol. The summed E-state index contributed by atoms with van der Waals surface area (Å²) in [6.07, 6.45) is 0. The van der Waals surface area contributed by atoms with E-state index in [1.807, 2.05) is 24.3 Å². The Morgan fingerprint density at radius 2 is 1.89 bits per heavy atom. The van der Waals surface area contributed by atoms with Gasteiger partial charge in [0.2, 0.25) is 0 Å². The number of nitrogens with two attached hydrogens (primary N) is 1. The Morgan fingerprint density at radius 1 is 1.11 bits per heavy atom. The molecule has 1 aromatic heterocycles.